The van der Waals surface area contributed by atoms with Crippen LogP contribution in [-0.2, 0) is 6.42 Å². The summed E-state index contributed by atoms with van der Waals surface area (Å²) in [5, 5.41) is 16.8. The van der Waals surface area contributed by atoms with Crippen molar-refractivity contribution < 1.29 is 5.21 Å². The van der Waals surface area contributed by atoms with Gasteiger partial charge in [-0.05, 0) is 18.4 Å². The summed E-state index contributed by atoms with van der Waals surface area (Å²) in [6.45, 7) is 0. The minimum absolute atomic E-state index is 0.108. The van der Waals surface area contributed by atoms with Crippen molar-refractivity contribution in [2.45, 2.75) is 12.8 Å². The van der Waals surface area contributed by atoms with Gasteiger partial charge in [0.05, 0.1) is 17.6 Å². The Kier molecular flexibility index (Phi) is 3.89. The molecule has 1 heterocycles. The Hall–Kier alpha value is -3.61. The second-order valence-corrected chi connectivity index (χ2v) is 6.06. The Morgan fingerprint density at radius 1 is 1.08 bits per heavy atom. The molecule has 130 valence electrons. The molecule has 0 atom stereocenters. The van der Waals surface area contributed by atoms with Crippen molar-refractivity contribution in [2.75, 3.05) is 5.73 Å². The lowest BCUT2D eigenvalue weighted by Gasteiger charge is -2.06. The molecule has 3 aromatic rings. The van der Waals surface area contributed by atoms with Crippen molar-refractivity contribution in [1.29, 1.82) is 0 Å². The molecule has 1 aliphatic carbocycles. The summed E-state index contributed by atoms with van der Waals surface area (Å²) in [4.78, 5) is 4.40. The molecule has 5 N–H and O–H groups in total. The van der Waals surface area contributed by atoms with Crippen LogP contribution in [0.2, 0.25) is 0 Å². The summed E-state index contributed by atoms with van der Waals surface area (Å²) in [6, 6.07) is 15.5. The summed E-state index contributed by atoms with van der Waals surface area (Å²) in [7, 11) is 0. The molecule has 7 heteroatoms. The number of imidazole rings is 1. The zero-order chi connectivity index (χ0) is 18.1. The topological polar surface area (TPSA) is 115 Å². The van der Waals surface area contributed by atoms with E-state index in [0.717, 1.165) is 46.5 Å². The van der Waals surface area contributed by atoms with Crippen molar-refractivity contribution in [2.24, 2.45) is 16.0 Å². The Balaban J connectivity index is 1.74. The molecule has 0 saturated carbocycles. The number of hydrogen-bond acceptors (Lipinski definition) is 5. The van der Waals surface area contributed by atoms with Crippen LogP contribution in [0.4, 0.5) is 5.95 Å². The van der Waals surface area contributed by atoms with E-state index in [0.29, 0.717) is 5.95 Å². The van der Waals surface area contributed by atoms with Crippen LogP contribution in [0.25, 0.3) is 11.3 Å². The molecule has 0 bridgehead atoms. The highest BCUT2D eigenvalue weighted by molar-refractivity contribution is 6.09. The molecule has 4 rings (SSSR count). The van der Waals surface area contributed by atoms with Gasteiger partial charge in [0.1, 0.15) is 0 Å². The lowest BCUT2D eigenvalue weighted by molar-refractivity contribution is 0.318. The summed E-state index contributed by atoms with van der Waals surface area (Å²) in [5.41, 5.74) is 17.2. The van der Waals surface area contributed by atoms with Crippen LogP contribution < -0.4 is 11.5 Å². The van der Waals surface area contributed by atoms with Crippen molar-refractivity contribution in [3.05, 3.63) is 71.4 Å². The Bertz CT molecular complexity index is 1020. The predicted molar refractivity (Wildman–Crippen MR) is 101 cm³/mol. The number of nitrogen functional groups attached to an aromatic ring is 1. The molecule has 1 aliphatic rings. The second kappa shape index (κ2) is 6.36. The number of fused-ring (bicyclic) bond motifs is 1. The van der Waals surface area contributed by atoms with Gasteiger partial charge in [-0.25, -0.2) is 9.66 Å². The first-order valence-corrected chi connectivity index (χ1v) is 8.25. The van der Waals surface area contributed by atoms with Crippen LogP contribution in [0, 0.1) is 0 Å². The highest BCUT2D eigenvalue weighted by Gasteiger charge is 2.22. The Labute approximate surface area is 150 Å². The number of nitrogens with two attached hydrogens (primary N) is 2. The number of oxime groups is 1. The van der Waals surface area contributed by atoms with Gasteiger partial charge in [0, 0.05) is 16.7 Å². The Morgan fingerprint density at radius 3 is 2.65 bits per heavy atom. The van der Waals surface area contributed by atoms with Crippen LogP contribution in [0.3, 0.4) is 0 Å². The average molecular weight is 346 g/mol. The van der Waals surface area contributed by atoms with Crippen LogP contribution >= 0.6 is 0 Å². The molecule has 0 spiro atoms. The summed E-state index contributed by atoms with van der Waals surface area (Å²) in [5.74, 6) is 0.439. The molecule has 0 unspecified atom stereocenters. The van der Waals surface area contributed by atoms with E-state index < -0.39 is 0 Å². The number of anilines is 1. The van der Waals surface area contributed by atoms with E-state index in [1.165, 1.54) is 0 Å². The Morgan fingerprint density at radius 2 is 1.88 bits per heavy atom. The summed E-state index contributed by atoms with van der Waals surface area (Å²) < 4.78 is 1.60. The monoisotopic (exact) mass is 346 g/mol. The van der Waals surface area contributed by atoms with Crippen LogP contribution in [0.1, 0.15) is 23.1 Å². The van der Waals surface area contributed by atoms with Crippen molar-refractivity contribution >= 4 is 17.5 Å². The van der Waals surface area contributed by atoms with Crippen molar-refractivity contribution in [3.8, 4) is 11.3 Å². The fourth-order valence-corrected chi connectivity index (χ4v) is 3.25. The van der Waals surface area contributed by atoms with Gasteiger partial charge in [-0.1, -0.05) is 53.7 Å². The van der Waals surface area contributed by atoms with Gasteiger partial charge in [0.15, 0.2) is 5.84 Å². The standard InChI is InChI=1S/C19H18N6O/c20-18(24-26)15-8-4-7-14-13(15)9-10-16(14)23-25-11-17(22-19(25)21)12-5-2-1-3-6-12/h1-8,11,26H,9-10H2,(H2,20,24)(H2,21,22)/b23-16+. The maximum absolute atomic E-state index is 8.97. The quantitative estimate of drug-likeness (QED) is 0.292. The van der Waals surface area contributed by atoms with E-state index in [2.05, 4.69) is 15.2 Å². The lowest BCUT2D eigenvalue weighted by atomic mass is 10.0. The third-order valence-corrected chi connectivity index (χ3v) is 4.49. The number of hydrogen-bond donors (Lipinski definition) is 3. The number of aromatic nitrogens is 2. The summed E-state index contributed by atoms with van der Waals surface area (Å²) in [6.07, 6.45) is 3.35. The van der Waals surface area contributed by atoms with Crippen LogP contribution in [0.5, 0.6) is 0 Å². The molecule has 0 radical (unpaired) electrons. The zero-order valence-electron chi connectivity index (χ0n) is 14.0. The fourth-order valence-electron chi connectivity index (χ4n) is 3.25. The van der Waals surface area contributed by atoms with Crippen molar-refractivity contribution in [3.63, 3.8) is 0 Å². The van der Waals surface area contributed by atoms with Gasteiger partial charge >= 0.3 is 0 Å². The molecular weight excluding hydrogens is 328 g/mol. The number of amidine groups is 1. The second-order valence-electron chi connectivity index (χ2n) is 6.06. The molecular formula is C19H18N6O. The molecule has 0 saturated heterocycles. The van der Waals surface area contributed by atoms with E-state index >= 15 is 0 Å². The van der Waals surface area contributed by atoms with Gasteiger partial charge in [-0.15, -0.1) is 0 Å². The third kappa shape index (κ3) is 2.69. The van der Waals surface area contributed by atoms with Gasteiger partial charge in [-0.3, -0.25) is 0 Å². The van der Waals surface area contributed by atoms with Gasteiger partial charge < -0.3 is 16.7 Å². The number of benzene rings is 2. The summed E-state index contributed by atoms with van der Waals surface area (Å²) >= 11 is 0. The molecule has 26 heavy (non-hydrogen) atoms. The maximum Gasteiger partial charge on any atom is 0.221 e. The zero-order valence-corrected chi connectivity index (χ0v) is 14.0. The largest absolute Gasteiger partial charge is 0.409 e. The SMILES string of the molecule is N/C(=N\O)c1cccc2c1CC/C2=N\n1cc(-c2ccccc2)nc1N. The lowest BCUT2D eigenvalue weighted by Crippen LogP contribution is -2.15. The van der Waals surface area contributed by atoms with Crippen molar-refractivity contribution in [1.82, 2.24) is 9.66 Å². The molecule has 0 aliphatic heterocycles. The minimum Gasteiger partial charge on any atom is -0.409 e. The van der Waals surface area contributed by atoms with Crippen LogP contribution in [0.15, 0.2) is 65.0 Å². The molecule has 2 aromatic carbocycles. The highest BCUT2D eigenvalue weighted by atomic mass is 16.4. The fraction of sp³-hybridized carbons (Fsp3) is 0.105. The maximum atomic E-state index is 8.97. The molecule has 0 fully saturated rings. The van der Waals surface area contributed by atoms with Gasteiger partial charge in [-0.2, -0.15) is 5.10 Å². The van der Waals surface area contributed by atoms with E-state index in [9.17, 15) is 0 Å². The minimum atomic E-state index is 0.108. The van der Waals surface area contributed by atoms with E-state index in [-0.39, 0.29) is 5.84 Å². The number of nitrogens with zero attached hydrogens (tertiary/aromatic N) is 4. The van der Waals surface area contributed by atoms with E-state index in [4.69, 9.17) is 16.7 Å². The first-order valence-electron chi connectivity index (χ1n) is 8.25. The van der Waals surface area contributed by atoms with Crippen LogP contribution in [-0.4, -0.2) is 26.4 Å². The average Bonchev–Trinajstić information content (AvgIpc) is 3.26. The molecule has 7 nitrogen and oxygen atoms in total. The van der Waals surface area contributed by atoms with E-state index in [1.54, 1.807) is 4.68 Å². The first kappa shape index (κ1) is 15.9. The third-order valence-electron chi connectivity index (χ3n) is 4.49. The smallest absolute Gasteiger partial charge is 0.221 e. The molecule has 0 amide bonds. The van der Waals surface area contributed by atoms with Gasteiger partial charge in [0.2, 0.25) is 5.95 Å². The first-order chi connectivity index (χ1) is 12.7. The van der Waals surface area contributed by atoms with Gasteiger partial charge in [0.25, 0.3) is 0 Å². The normalized spacial score (nSPS) is 15.4. The number of rotatable bonds is 3. The predicted octanol–water partition coefficient (Wildman–Crippen LogP) is 2.43. The highest BCUT2D eigenvalue weighted by Crippen LogP contribution is 2.27. The molecule has 1 aromatic heterocycles. The van der Waals surface area contributed by atoms with E-state index in [1.807, 2.05) is 54.7 Å².